The van der Waals surface area contributed by atoms with Gasteiger partial charge in [0.2, 0.25) is 0 Å². The summed E-state index contributed by atoms with van der Waals surface area (Å²) in [7, 11) is 2.17. The van der Waals surface area contributed by atoms with Crippen LogP contribution in [0.2, 0.25) is 0 Å². The highest BCUT2D eigenvalue weighted by molar-refractivity contribution is 4.87. The summed E-state index contributed by atoms with van der Waals surface area (Å²) in [6.45, 7) is 5.04. The zero-order valence-corrected chi connectivity index (χ0v) is 13.2. The number of nitrogens with one attached hydrogen (secondary N) is 1. The third kappa shape index (κ3) is 4.46. The van der Waals surface area contributed by atoms with Crippen molar-refractivity contribution in [2.75, 3.05) is 20.1 Å². The molecule has 1 saturated heterocycles. The molecular weight excluding hydrogens is 232 g/mol. The summed E-state index contributed by atoms with van der Waals surface area (Å²) in [5.74, 6) is 1.01. The van der Waals surface area contributed by atoms with Gasteiger partial charge in [0.25, 0.3) is 0 Å². The Balaban J connectivity index is 1.91. The van der Waals surface area contributed by atoms with E-state index in [1.807, 2.05) is 0 Å². The number of hydrogen-bond acceptors (Lipinski definition) is 2. The quantitative estimate of drug-likeness (QED) is 0.778. The summed E-state index contributed by atoms with van der Waals surface area (Å²) in [4.78, 5) is 2.84. The van der Waals surface area contributed by atoms with Crippen LogP contribution in [0.1, 0.15) is 71.1 Å². The van der Waals surface area contributed by atoms with E-state index in [-0.39, 0.29) is 0 Å². The third-order valence-corrected chi connectivity index (χ3v) is 5.40. The molecule has 0 amide bonds. The molecule has 0 radical (unpaired) electrons. The second-order valence-electron chi connectivity index (χ2n) is 6.72. The highest BCUT2D eigenvalue weighted by Crippen LogP contribution is 2.27. The van der Waals surface area contributed by atoms with Crippen LogP contribution in [0.4, 0.5) is 0 Å². The van der Waals surface area contributed by atoms with Crippen molar-refractivity contribution in [3.8, 4) is 0 Å². The lowest BCUT2D eigenvalue weighted by molar-refractivity contribution is 0.154. The predicted octanol–water partition coefficient (Wildman–Crippen LogP) is 3.81. The Morgan fingerprint density at radius 1 is 0.947 bits per heavy atom. The Morgan fingerprint density at radius 2 is 1.79 bits per heavy atom. The van der Waals surface area contributed by atoms with E-state index in [4.69, 9.17) is 0 Å². The van der Waals surface area contributed by atoms with Crippen molar-refractivity contribution < 1.29 is 0 Å². The molecule has 1 aliphatic heterocycles. The van der Waals surface area contributed by atoms with Gasteiger partial charge in [0.05, 0.1) is 0 Å². The monoisotopic (exact) mass is 266 g/mol. The van der Waals surface area contributed by atoms with Crippen molar-refractivity contribution in [2.45, 2.75) is 83.2 Å². The van der Waals surface area contributed by atoms with Crippen molar-refractivity contribution in [3.05, 3.63) is 0 Å². The molecule has 1 heterocycles. The molecule has 0 aromatic rings. The molecule has 0 spiro atoms. The fourth-order valence-electron chi connectivity index (χ4n) is 4.28. The SMILES string of the molecule is CCCC1CCCN(C2CCCCCC2NC)CC1. The lowest BCUT2D eigenvalue weighted by Gasteiger charge is -2.35. The smallest absolute Gasteiger partial charge is 0.0249 e. The molecule has 0 aromatic heterocycles. The zero-order chi connectivity index (χ0) is 13.5. The van der Waals surface area contributed by atoms with E-state index in [9.17, 15) is 0 Å². The molecule has 2 aliphatic rings. The van der Waals surface area contributed by atoms with Crippen molar-refractivity contribution in [3.63, 3.8) is 0 Å². The Labute approximate surface area is 120 Å². The molecule has 1 aliphatic carbocycles. The first-order valence-electron chi connectivity index (χ1n) is 8.76. The van der Waals surface area contributed by atoms with Gasteiger partial charge in [0, 0.05) is 12.1 Å². The Hall–Kier alpha value is -0.0800. The Bertz CT molecular complexity index is 241. The first-order valence-corrected chi connectivity index (χ1v) is 8.76. The van der Waals surface area contributed by atoms with Crippen LogP contribution in [0.3, 0.4) is 0 Å². The molecule has 3 atom stereocenters. The highest BCUT2D eigenvalue weighted by atomic mass is 15.2. The van der Waals surface area contributed by atoms with Crippen LogP contribution >= 0.6 is 0 Å². The molecule has 2 rings (SSSR count). The predicted molar refractivity (Wildman–Crippen MR) is 83.5 cm³/mol. The van der Waals surface area contributed by atoms with Gasteiger partial charge in [0.1, 0.15) is 0 Å². The standard InChI is InChI=1S/C17H34N2/c1-3-8-15-9-7-13-19(14-12-15)17-11-6-4-5-10-16(17)18-2/h15-18H,3-14H2,1-2H3. The van der Waals surface area contributed by atoms with Crippen molar-refractivity contribution in [1.82, 2.24) is 10.2 Å². The van der Waals surface area contributed by atoms with E-state index in [2.05, 4.69) is 24.2 Å². The average Bonchev–Trinajstić information content (AvgIpc) is 2.78. The lowest BCUT2D eigenvalue weighted by atomic mass is 9.96. The van der Waals surface area contributed by atoms with E-state index in [1.54, 1.807) is 0 Å². The molecule has 19 heavy (non-hydrogen) atoms. The summed E-state index contributed by atoms with van der Waals surface area (Å²) >= 11 is 0. The fourth-order valence-corrected chi connectivity index (χ4v) is 4.28. The zero-order valence-electron chi connectivity index (χ0n) is 13.2. The fraction of sp³-hybridized carbons (Fsp3) is 1.00. The van der Waals surface area contributed by atoms with Crippen LogP contribution in [0.5, 0.6) is 0 Å². The van der Waals surface area contributed by atoms with Gasteiger partial charge in [-0.15, -0.1) is 0 Å². The van der Waals surface area contributed by atoms with Crippen LogP contribution in [-0.4, -0.2) is 37.1 Å². The summed E-state index contributed by atoms with van der Waals surface area (Å²) in [5, 5.41) is 3.61. The number of likely N-dealkylation sites (N-methyl/N-ethyl adjacent to an activating group) is 1. The van der Waals surface area contributed by atoms with E-state index in [0.29, 0.717) is 0 Å². The summed E-state index contributed by atoms with van der Waals surface area (Å²) < 4.78 is 0. The minimum absolute atomic E-state index is 0.741. The van der Waals surface area contributed by atoms with Crippen LogP contribution in [0, 0.1) is 5.92 Å². The van der Waals surface area contributed by atoms with Gasteiger partial charge in [-0.05, 0) is 58.2 Å². The van der Waals surface area contributed by atoms with Gasteiger partial charge in [-0.2, -0.15) is 0 Å². The number of rotatable bonds is 4. The molecule has 1 saturated carbocycles. The van der Waals surface area contributed by atoms with Crippen molar-refractivity contribution in [1.29, 1.82) is 0 Å². The molecule has 2 nitrogen and oxygen atoms in total. The van der Waals surface area contributed by atoms with E-state index >= 15 is 0 Å². The molecule has 2 heteroatoms. The van der Waals surface area contributed by atoms with Crippen molar-refractivity contribution in [2.24, 2.45) is 5.92 Å². The molecular formula is C17H34N2. The topological polar surface area (TPSA) is 15.3 Å². The maximum absolute atomic E-state index is 3.61. The minimum Gasteiger partial charge on any atom is -0.315 e. The van der Waals surface area contributed by atoms with Crippen LogP contribution in [0.25, 0.3) is 0 Å². The van der Waals surface area contributed by atoms with Crippen molar-refractivity contribution >= 4 is 0 Å². The number of hydrogen-bond donors (Lipinski definition) is 1. The van der Waals surface area contributed by atoms with Crippen LogP contribution in [-0.2, 0) is 0 Å². The normalized spacial score (nSPS) is 34.7. The number of likely N-dealkylation sites (tertiary alicyclic amines) is 1. The second kappa shape index (κ2) is 8.26. The van der Waals surface area contributed by atoms with Gasteiger partial charge in [0.15, 0.2) is 0 Å². The van der Waals surface area contributed by atoms with Gasteiger partial charge in [-0.1, -0.05) is 39.0 Å². The van der Waals surface area contributed by atoms with Crippen LogP contribution < -0.4 is 5.32 Å². The van der Waals surface area contributed by atoms with E-state index in [1.165, 1.54) is 77.3 Å². The van der Waals surface area contributed by atoms with Gasteiger partial charge in [-0.25, -0.2) is 0 Å². The molecule has 2 fully saturated rings. The first-order chi connectivity index (χ1) is 9.35. The summed E-state index contributed by atoms with van der Waals surface area (Å²) in [6.07, 6.45) is 14.3. The van der Waals surface area contributed by atoms with E-state index in [0.717, 1.165) is 18.0 Å². The van der Waals surface area contributed by atoms with Gasteiger partial charge < -0.3 is 5.32 Å². The maximum atomic E-state index is 3.61. The molecule has 3 unspecified atom stereocenters. The van der Waals surface area contributed by atoms with Gasteiger partial charge in [-0.3, -0.25) is 4.90 Å². The highest BCUT2D eigenvalue weighted by Gasteiger charge is 2.29. The second-order valence-corrected chi connectivity index (χ2v) is 6.72. The minimum atomic E-state index is 0.741. The maximum Gasteiger partial charge on any atom is 0.0249 e. The third-order valence-electron chi connectivity index (χ3n) is 5.40. The molecule has 0 bridgehead atoms. The van der Waals surface area contributed by atoms with Gasteiger partial charge >= 0.3 is 0 Å². The number of nitrogens with zero attached hydrogens (tertiary/aromatic N) is 1. The Kier molecular flexibility index (Phi) is 6.66. The Morgan fingerprint density at radius 3 is 2.58 bits per heavy atom. The largest absolute Gasteiger partial charge is 0.315 e. The lowest BCUT2D eigenvalue weighted by Crippen LogP contribution is -2.49. The summed E-state index contributed by atoms with van der Waals surface area (Å²) in [6, 6.07) is 1.55. The first kappa shape index (κ1) is 15.3. The molecule has 1 N–H and O–H groups in total. The average molecular weight is 266 g/mol. The molecule has 112 valence electrons. The molecule has 0 aromatic carbocycles. The van der Waals surface area contributed by atoms with E-state index < -0.39 is 0 Å². The van der Waals surface area contributed by atoms with Crippen LogP contribution in [0.15, 0.2) is 0 Å². The summed E-state index contributed by atoms with van der Waals surface area (Å²) in [5.41, 5.74) is 0.